The Bertz CT molecular complexity index is 1280. The molecule has 3 heterocycles. The Balaban J connectivity index is 1.81. The van der Waals surface area contributed by atoms with E-state index in [2.05, 4.69) is 38.8 Å². The molecule has 0 aliphatic carbocycles. The second kappa shape index (κ2) is 11.0. The number of hydrogen-bond donors (Lipinski definition) is 2. The Labute approximate surface area is 204 Å². The van der Waals surface area contributed by atoms with Crippen molar-refractivity contribution < 1.29 is 4.79 Å². The van der Waals surface area contributed by atoms with E-state index in [1.807, 2.05) is 60.9 Å². The molecule has 0 radical (unpaired) electrons. The third-order valence-electron chi connectivity index (χ3n) is 5.85. The van der Waals surface area contributed by atoms with E-state index in [-0.39, 0.29) is 5.91 Å². The number of carbonyl (C=O) groups is 1. The number of benzene rings is 1. The van der Waals surface area contributed by atoms with Gasteiger partial charge in [0.15, 0.2) is 0 Å². The molecular formula is C28H26N6O. The van der Waals surface area contributed by atoms with Crippen LogP contribution in [0.1, 0.15) is 34.9 Å². The molecule has 7 nitrogen and oxygen atoms in total. The quantitative estimate of drug-likeness (QED) is 0.366. The average molecular weight is 463 g/mol. The standard InChI is InChI=1S/C28H26N6O/c1-21(35)32-14-15-33-27-11-3-10-26(34-27)17-28(24-8-4-12-30-19-24,25-9-5-13-31-20-25)23-7-2-6-22(16-23)18-29/h2-13,16,19-20H,14-15,17H2,1H3,(H,32,35)(H,33,34). The van der Waals surface area contributed by atoms with Crippen LogP contribution in [0.3, 0.4) is 0 Å². The second-order valence-corrected chi connectivity index (χ2v) is 8.18. The van der Waals surface area contributed by atoms with Gasteiger partial charge in [0.05, 0.1) is 17.0 Å². The van der Waals surface area contributed by atoms with E-state index in [4.69, 9.17) is 4.98 Å². The zero-order valence-electron chi connectivity index (χ0n) is 19.5. The number of hydrogen-bond acceptors (Lipinski definition) is 6. The van der Waals surface area contributed by atoms with E-state index in [0.717, 1.165) is 28.2 Å². The highest BCUT2D eigenvalue weighted by molar-refractivity contribution is 5.72. The first-order chi connectivity index (χ1) is 17.1. The minimum atomic E-state index is -0.669. The van der Waals surface area contributed by atoms with E-state index < -0.39 is 5.41 Å². The lowest BCUT2D eigenvalue weighted by atomic mass is 9.67. The summed E-state index contributed by atoms with van der Waals surface area (Å²) >= 11 is 0. The summed E-state index contributed by atoms with van der Waals surface area (Å²) in [5.41, 5.74) is 3.70. The fourth-order valence-corrected chi connectivity index (χ4v) is 4.27. The topological polar surface area (TPSA) is 104 Å². The van der Waals surface area contributed by atoms with Crippen LogP contribution in [0.2, 0.25) is 0 Å². The summed E-state index contributed by atoms with van der Waals surface area (Å²) in [6.07, 6.45) is 7.76. The molecule has 0 fully saturated rings. The van der Waals surface area contributed by atoms with E-state index in [0.29, 0.717) is 25.1 Å². The summed E-state index contributed by atoms with van der Waals surface area (Å²) in [6, 6.07) is 23.7. The minimum Gasteiger partial charge on any atom is -0.368 e. The van der Waals surface area contributed by atoms with Gasteiger partial charge in [-0.1, -0.05) is 30.3 Å². The highest BCUT2D eigenvalue weighted by atomic mass is 16.1. The van der Waals surface area contributed by atoms with Crippen LogP contribution in [0.25, 0.3) is 0 Å². The number of nitrogens with zero attached hydrogens (tertiary/aromatic N) is 4. The maximum absolute atomic E-state index is 11.1. The SMILES string of the molecule is CC(=O)NCCNc1cccc(CC(c2cccnc2)(c2cccnc2)c2cccc(C#N)c2)n1. The van der Waals surface area contributed by atoms with E-state index >= 15 is 0 Å². The Kier molecular flexibility index (Phi) is 7.44. The lowest BCUT2D eigenvalue weighted by Crippen LogP contribution is -2.33. The van der Waals surface area contributed by atoms with Gasteiger partial charge in [-0.15, -0.1) is 0 Å². The second-order valence-electron chi connectivity index (χ2n) is 8.18. The molecule has 0 saturated carbocycles. The van der Waals surface area contributed by atoms with E-state index in [1.165, 1.54) is 6.92 Å². The Morgan fingerprint density at radius 3 is 2.23 bits per heavy atom. The molecular weight excluding hydrogens is 436 g/mol. The van der Waals surface area contributed by atoms with Crippen LogP contribution in [0, 0.1) is 11.3 Å². The molecule has 7 heteroatoms. The van der Waals surface area contributed by atoms with Gasteiger partial charge in [-0.3, -0.25) is 14.8 Å². The van der Waals surface area contributed by atoms with Crippen LogP contribution in [0.4, 0.5) is 5.82 Å². The summed E-state index contributed by atoms with van der Waals surface area (Å²) in [7, 11) is 0. The molecule has 2 N–H and O–H groups in total. The van der Waals surface area contributed by atoms with Crippen LogP contribution in [0.5, 0.6) is 0 Å². The summed E-state index contributed by atoms with van der Waals surface area (Å²) < 4.78 is 0. The van der Waals surface area contributed by atoms with Gasteiger partial charge in [-0.25, -0.2) is 4.98 Å². The molecule has 3 aromatic heterocycles. The summed E-state index contributed by atoms with van der Waals surface area (Å²) in [4.78, 5) is 24.8. The summed E-state index contributed by atoms with van der Waals surface area (Å²) in [6.45, 7) is 2.57. The number of amides is 1. The highest BCUT2D eigenvalue weighted by Crippen LogP contribution is 2.41. The van der Waals surface area contributed by atoms with Crippen molar-refractivity contribution in [1.82, 2.24) is 20.3 Å². The lowest BCUT2D eigenvalue weighted by molar-refractivity contribution is -0.118. The maximum Gasteiger partial charge on any atom is 0.216 e. The molecule has 0 aliphatic rings. The normalized spacial score (nSPS) is 10.9. The predicted octanol–water partition coefficient (Wildman–Crippen LogP) is 3.87. The molecule has 0 saturated heterocycles. The first kappa shape index (κ1) is 23.6. The van der Waals surface area contributed by atoms with Crippen LogP contribution in [-0.2, 0) is 16.6 Å². The third kappa shape index (κ3) is 5.50. The van der Waals surface area contributed by atoms with Gasteiger partial charge in [0.1, 0.15) is 5.82 Å². The Hall–Kier alpha value is -4.57. The molecule has 0 spiro atoms. The molecule has 1 amide bonds. The molecule has 0 bridgehead atoms. The van der Waals surface area contributed by atoms with Crippen molar-refractivity contribution in [2.75, 3.05) is 18.4 Å². The number of nitriles is 1. The molecule has 4 rings (SSSR count). The van der Waals surface area contributed by atoms with Gasteiger partial charge in [0.2, 0.25) is 5.91 Å². The lowest BCUT2D eigenvalue weighted by Gasteiger charge is -2.35. The van der Waals surface area contributed by atoms with E-state index in [9.17, 15) is 10.1 Å². The predicted molar refractivity (Wildman–Crippen MR) is 135 cm³/mol. The minimum absolute atomic E-state index is 0.0640. The monoisotopic (exact) mass is 462 g/mol. The molecule has 0 aliphatic heterocycles. The van der Waals surface area contributed by atoms with Crippen molar-refractivity contribution in [2.45, 2.75) is 18.8 Å². The largest absolute Gasteiger partial charge is 0.368 e. The van der Waals surface area contributed by atoms with Crippen molar-refractivity contribution in [3.8, 4) is 6.07 Å². The number of pyridine rings is 3. The number of anilines is 1. The van der Waals surface area contributed by atoms with Crippen LogP contribution < -0.4 is 10.6 Å². The van der Waals surface area contributed by atoms with Gasteiger partial charge in [-0.2, -0.15) is 5.26 Å². The summed E-state index contributed by atoms with van der Waals surface area (Å²) in [5.74, 6) is 0.663. The van der Waals surface area contributed by atoms with Crippen molar-refractivity contribution >= 4 is 11.7 Å². The van der Waals surface area contributed by atoms with Crippen molar-refractivity contribution in [1.29, 1.82) is 5.26 Å². The fourth-order valence-electron chi connectivity index (χ4n) is 4.27. The van der Waals surface area contributed by atoms with Gasteiger partial charge in [0, 0.05) is 56.9 Å². The van der Waals surface area contributed by atoms with E-state index in [1.54, 1.807) is 18.5 Å². The van der Waals surface area contributed by atoms with Crippen LogP contribution >= 0.6 is 0 Å². The number of carbonyl (C=O) groups excluding carboxylic acids is 1. The van der Waals surface area contributed by atoms with Gasteiger partial charge in [-0.05, 0) is 53.1 Å². The fraction of sp³-hybridized carbons (Fsp3) is 0.179. The molecule has 1 aromatic carbocycles. The number of nitrogens with one attached hydrogen (secondary N) is 2. The first-order valence-corrected chi connectivity index (χ1v) is 11.4. The Morgan fingerprint density at radius 1 is 0.914 bits per heavy atom. The zero-order chi connectivity index (χ0) is 24.5. The van der Waals surface area contributed by atoms with Gasteiger partial charge in [0.25, 0.3) is 0 Å². The summed E-state index contributed by atoms with van der Waals surface area (Å²) in [5, 5.41) is 15.7. The van der Waals surface area contributed by atoms with Gasteiger partial charge >= 0.3 is 0 Å². The maximum atomic E-state index is 11.1. The van der Waals surface area contributed by atoms with Gasteiger partial charge < -0.3 is 10.6 Å². The van der Waals surface area contributed by atoms with Crippen molar-refractivity contribution in [3.63, 3.8) is 0 Å². The molecule has 4 aromatic rings. The van der Waals surface area contributed by atoms with Crippen molar-refractivity contribution in [2.24, 2.45) is 0 Å². The number of aromatic nitrogens is 3. The highest BCUT2D eigenvalue weighted by Gasteiger charge is 2.38. The first-order valence-electron chi connectivity index (χ1n) is 11.4. The molecule has 174 valence electrons. The van der Waals surface area contributed by atoms with Crippen LogP contribution in [0.15, 0.2) is 91.5 Å². The van der Waals surface area contributed by atoms with Crippen LogP contribution in [-0.4, -0.2) is 33.9 Å². The number of rotatable bonds is 9. The zero-order valence-corrected chi connectivity index (χ0v) is 19.5. The Morgan fingerprint density at radius 2 is 1.60 bits per heavy atom. The smallest absolute Gasteiger partial charge is 0.216 e. The average Bonchev–Trinajstić information content (AvgIpc) is 2.91. The molecule has 35 heavy (non-hydrogen) atoms. The van der Waals surface area contributed by atoms with Crippen molar-refractivity contribution in [3.05, 3.63) is 119 Å². The molecule has 0 atom stereocenters. The molecule has 0 unspecified atom stereocenters. The third-order valence-corrected chi connectivity index (χ3v) is 5.85.